The van der Waals surface area contributed by atoms with Crippen LogP contribution in [0.25, 0.3) is 0 Å². The van der Waals surface area contributed by atoms with E-state index in [1.165, 1.54) is 22.3 Å². The van der Waals surface area contributed by atoms with Crippen LogP contribution in [0.3, 0.4) is 0 Å². The first-order valence-corrected chi connectivity index (χ1v) is 6.43. The van der Waals surface area contributed by atoms with E-state index >= 15 is 0 Å². The number of aryl methyl sites for hydroxylation is 1. The Bertz CT molecular complexity index is 524. The lowest BCUT2D eigenvalue weighted by molar-refractivity contribution is 0.475. The normalized spacial score (nSPS) is 10.9. The molecule has 0 saturated heterocycles. The summed E-state index contributed by atoms with van der Waals surface area (Å²) in [4.78, 5) is 0. The van der Waals surface area contributed by atoms with Crippen molar-refractivity contribution >= 4 is 0 Å². The van der Waals surface area contributed by atoms with Gasteiger partial charge in [0.25, 0.3) is 0 Å². The predicted octanol–water partition coefficient (Wildman–Crippen LogP) is 4.41. The average molecular weight is 240 g/mol. The summed E-state index contributed by atoms with van der Waals surface area (Å²) in [5.74, 6) is 0.866. The Balaban J connectivity index is 2.32. The molecule has 2 aromatic carbocycles. The Labute approximate surface area is 109 Å². The molecule has 0 aliphatic carbocycles. The summed E-state index contributed by atoms with van der Waals surface area (Å²) in [5.41, 5.74) is 5.33. The Morgan fingerprint density at radius 2 is 1.67 bits per heavy atom. The highest BCUT2D eigenvalue weighted by Crippen LogP contribution is 2.24. The number of phenols is 1. The fourth-order valence-corrected chi connectivity index (χ4v) is 2.28. The molecule has 0 amide bonds. The first-order chi connectivity index (χ1) is 8.56. The standard InChI is InChI=1S/C17H20O/c1-12(2)17-9-4-13(3)10-15(17)11-14-5-7-16(18)8-6-14/h4-10,12,18H,11H2,1-3H3. The minimum absolute atomic E-state index is 0.326. The van der Waals surface area contributed by atoms with E-state index in [0.29, 0.717) is 11.7 Å². The first-order valence-electron chi connectivity index (χ1n) is 6.43. The lowest BCUT2D eigenvalue weighted by Gasteiger charge is -2.14. The third kappa shape index (κ3) is 2.92. The molecule has 0 spiro atoms. The molecular formula is C17H20O. The van der Waals surface area contributed by atoms with Crippen molar-refractivity contribution in [3.63, 3.8) is 0 Å². The van der Waals surface area contributed by atoms with E-state index in [1.807, 2.05) is 12.1 Å². The molecule has 1 heteroatoms. The molecule has 0 aliphatic rings. The number of aromatic hydroxyl groups is 1. The maximum Gasteiger partial charge on any atom is 0.115 e. The minimum Gasteiger partial charge on any atom is -0.508 e. The summed E-state index contributed by atoms with van der Waals surface area (Å²) in [6.45, 7) is 6.58. The molecule has 94 valence electrons. The number of hydrogen-bond acceptors (Lipinski definition) is 1. The van der Waals surface area contributed by atoms with Crippen LogP contribution in [0.15, 0.2) is 42.5 Å². The van der Waals surface area contributed by atoms with Crippen LogP contribution < -0.4 is 0 Å². The zero-order chi connectivity index (χ0) is 13.1. The van der Waals surface area contributed by atoms with E-state index in [-0.39, 0.29) is 0 Å². The van der Waals surface area contributed by atoms with Gasteiger partial charge in [0.1, 0.15) is 5.75 Å². The molecular weight excluding hydrogens is 220 g/mol. The smallest absolute Gasteiger partial charge is 0.115 e. The molecule has 0 bridgehead atoms. The second-order valence-corrected chi connectivity index (χ2v) is 5.20. The van der Waals surface area contributed by atoms with Gasteiger partial charge in [-0.25, -0.2) is 0 Å². The van der Waals surface area contributed by atoms with Crippen LogP contribution in [-0.4, -0.2) is 5.11 Å². The first kappa shape index (κ1) is 12.7. The molecule has 1 nitrogen and oxygen atoms in total. The van der Waals surface area contributed by atoms with E-state index in [4.69, 9.17) is 0 Å². The lowest BCUT2D eigenvalue weighted by atomic mass is 9.92. The zero-order valence-electron chi connectivity index (χ0n) is 11.3. The monoisotopic (exact) mass is 240 g/mol. The van der Waals surface area contributed by atoms with Crippen molar-refractivity contribution in [1.82, 2.24) is 0 Å². The maximum atomic E-state index is 9.31. The second-order valence-electron chi connectivity index (χ2n) is 5.20. The van der Waals surface area contributed by atoms with Crippen molar-refractivity contribution in [2.75, 3.05) is 0 Å². The second kappa shape index (κ2) is 5.26. The number of benzene rings is 2. The molecule has 0 unspecified atom stereocenters. The Morgan fingerprint density at radius 3 is 2.28 bits per heavy atom. The van der Waals surface area contributed by atoms with Crippen LogP contribution in [0.5, 0.6) is 5.75 Å². The summed E-state index contributed by atoms with van der Waals surface area (Å²) in [6, 6.07) is 14.2. The van der Waals surface area contributed by atoms with Gasteiger partial charge in [-0.15, -0.1) is 0 Å². The van der Waals surface area contributed by atoms with Gasteiger partial charge in [-0.2, -0.15) is 0 Å². The quantitative estimate of drug-likeness (QED) is 0.842. The molecule has 2 aromatic rings. The SMILES string of the molecule is Cc1ccc(C(C)C)c(Cc2ccc(O)cc2)c1. The Hall–Kier alpha value is -1.76. The van der Waals surface area contributed by atoms with E-state index in [2.05, 4.69) is 39.0 Å². The molecule has 0 aromatic heterocycles. The summed E-state index contributed by atoms with van der Waals surface area (Å²) in [5, 5.41) is 9.31. The zero-order valence-corrected chi connectivity index (χ0v) is 11.3. The van der Waals surface area contributed by atoms with Crippen molar-refractivity contribution in [1.29, 1.82) is 0 Å². The molecule has 0 fully saturated rings. The van der Waals surface area contributed by atoms with Crippen LogP contribution in [0.4, 0.5) is 0 Å². The molecule has 1 N–H and O–H groups in total. The Kier molecular flexibility index (Phi) is 3.71. The number of rotatable bonds is 3. The van der Waals surface area contributed by atoms with Crippen molar-refractivity contribution in [2.45, 2.75) is 33.1 Å². The van der Waals surface area contributed by atoms with Crippen molar-refractivity contribution in [3.05, 3.63) is 64.7 Å². The van der Waals surface area contributed by atoms with E-state index in [9.17, 15) is 5.11 Å². The minimum atomic E-state index is 0.326. The van der Waals surface area contributed by atoms with Gasteiger partial charge in [0.2, 0.25) is 0 Å². The molecule has 2 rings (SSSR count). The fraction of sp³-hybridized carbons (Fsp3) is 0.294. The third-order valence-corrected chi connectivity index (χ3v) is 3.25. The van der Waals surface area contributed by atoms with Crippen molar-refractivity contribution in [3.8, 4) is 5.75 Å². The summed E-state index contributed by atoms with van der Waals surface area (Å²) in [6.07, 6.45) is 0.926. The largest absolute Gasteiger partial charge is 0.508 e. The molecule has 0 aliphatic heterocycles. The number of hydrogen-bond donors (Lipinski definition) is 1. The van der Waals surface area contributed by atoms with Gasteiger partial charge in [0.05, 0.1) is 0 Å². The highest BCUT2D eigenvalue weighted by atomic mass is 16.3. The van der Waals surface area contributed by atoms with Gasteiger partial charge in [0, 0.05) is 0 Å². The Morgan fingerprint density at radius 1 is 1.00 bits per heavy atom. The van der Waals surface area contributed by atoms with Gasteiger partial charge < -0.3 is 5.11 Å². The highest BCUT2D eigenvalue weighted by molar-refractivity contribution is 5.38. The van der Waals surface area contributed by atoms with Gasteiger partial charge in [-0.05, 0) is 48.1 Å². The van der Waals surface area contributed by atoms with Crippen LogP contribution in [-0.2, 0) is 6.42 Å². The van der Waals surface area contributed by atoms with E-state index in [1.54, 1.807) is 12.1 Å². The van der Waals surface area contributed by atoms with Crippen LogP contribution in [0.1, 0.15) is 42.0 Å². The third-order valence-electron chi connectivity index (χ3n) is 3.25. The van der Waals surface area contributed by atoms with E-state index < -0.39 is 0 Å². The van der Waals surface area contributed by atoms with Gasteiger partial charge in [-0.3, -0.25) is 0 Å². The van der Waals surface area contributed by atoms with E-state index in [0.717, 1.165) is 6.42 Å². The molecule has 0 saturated carbocycles. The topological polar surface area (TPSA) is 20.2 Å². The van der Waals surface area contributed by atoms with Gasteiger partial charge in [0.15, 0.2) is 0 Å². The van der Waals surface area contributed by atoms with Crippen LogP contribution in [0.2, 0.25) is 0 Å². The molecule has 0 radical (unpaired) electrons. The summed E-state index contributed by atoms with van der Waals surface area (Å²) >= 11 is 0. The highest BCUT2D eigenvalue weighted by Gasteiger charge is 2.07. The lowest BCUT2D eigenvalue weighted by Crippen LogP contribution is -1.98. The predicted molar refractivity (Wildman–Crippen MR) is 76.2 cm³/mol. The van der Waals surface area contributed by atoms with Crippen LogP contribution in [0, 0.1) is 6.92 Å². The maximum absolute atomic E-state index is 9.31. The fourth-order valence-electron chi connectivity index (χ4n) is 2.28. The van der Waals surface area contributed by atoms with Gasteiger partial charge >= 0.3 is 0 Å². The van der Waals surface area contributed by atoms with Crippen molar-refractivity contribution in [2.24, 2.45) is 0 Å². The van der Waals surface area contributed by atoms with Crippen LogP contribution >= 0.6 is 0 Å². The molecule has 0 heterocycles. The summed E-state index contributed by atoms with van der Waals surface area (Å²) < 4.78 is 0. The van der Waals surface area contributed by atoms with Gasteiger partial charge in [-0.1, -0.05) is 49.7 Å². The number of phenolic OH excluding ortho intramolecular Hbond substituents is 1. The summed E-state index contributed by atoms with van der Waals surface area (Å²) in [7, 11) is 0. The average Bonchev–Trinajstić information content (AvgIpc) is 2.32. The molecule has 0 atom stereocenters. The van der Waals surface area contributed by atoms with Crippen molar-refractivity contribution < 1.29 is 5.11 Å². The molecule has 18 heavy (non-hydrogen) atoms.